The van der Waals surface area contributed by atoms with E-state index in [2.05, 4.69) is 6.08 Å². The van der Waals surface area contributed by atoms with E-state index in [4.69, 9.17) is 5.73 Å². The minimum absolute atomic E-state index is 0.305. The molecule has 4 saturated carbocycles. The fourth-order valence-electron chi connectivity index (χ4n) is 5.19. The van der Waals surface area contributed by atoms with Gasteiger partial charge >= 0.3 is 0 Å². The molecule has 0 aromatic heterocycles. The van der Waals surface area contributed by atoms with Crippen LogP contribution in [0, 0.1) is 29.6 Å². The van der Waals surface area contributed by atoms with Crippen molar-refractivity contribution in [3.8, 4) is 0 Å². The zero-order chi connectivity index (χ0) is 12.0. The van der Waals surface area contributed by atoms with Gasteiger partial charge in [0.2, 0.25) is 0 Å². The summed E-state index contributed by atoms with van der Waals surface area (Å²) in [6.45, 7) is 2.48. The normalized spacial score (nSPS) is 46.3. The average molecular weight is 235 g/mol. The second-order valence-electron chi connectivity index (χ2n) is 6.57. The van der Waals surface area contributed by atoms with Gasteiger partial charge in [-0.15, -0.1) is 0 Å². The Bertz CT molecular complexity index is 293. The van der Waals surface area contributed by atoms with E-state index in [0.29, 0.717) is 12.5 Å². The van der Waals surface area contributed by atoms with Crippen molar-refractivity contribution < 1.29 is 5.11 Å². The molecule has 0 radical (unpaired) electrons. The summed E-state index contributed by atoms with van der Waals surface area (Å²) < 4.78 is 0. The number of rotatable bonds is 3. The highest BCUT2D eigenvalue weighted by Gasteiger charge is 2.49. The van der Waals surface area contributed by atoms with Crippen molar-refractivity contribution in [2.75, 3.05) is 6.54 Å². The Balaban J connectivity index is 1.85. The molecule has 0 amide bonds. The first kappa shape index (κ1) is 11.7. The molecule has 4 aliphatic carbocycles. The van der Waals surface area contributed by atoms with Crippen molar-refractivity contribution >= 4 is 0 Å². The van der Waals surface area contributed by atoms with Crippen molar-refractivity contribution in [2.24, 2.45) is 35.3 Å². The lowest BCUT2D eigenvalue weighted by Gasteiger charge is -2.55. The van der Waals surface area contributed by atoms with Crippen LogP contribution in [0.5, 0.6) is 0 Å². The van der Waals surface area contributed by atoms with Gasteiger partial charge in [0.15, 0.2) is 0 Å². The van der Waals surface area contributed by atoms with Crippen LogP contribution in [0.1, 0.15) is 39.0 Å². The van der Waals surface area contributed by atoms with Crippen LogP contribution in [0.4, 0.5) is 0 Å². The Hall–Kier alpha value is -0.340. The van der Waals surface area contributed by atoms with Gasteiger partial charge in [0.05, 0.1) is 6.10 Å². The molecule has 0 aromatic rings. The summed E-state index contributed by atoms with van der Waals surface area (Å²) >= 11 is 0. The van der Waals surface area contributed by atoms with Gasteiger partial charge in [-0.3, -0.25) is 0 Å². The Morgan fingerprint density at radius 1 is 1.18 bits per heavy atom. The molecule has 4 aliphatic rings. The zero-order valence-corrected chi connectivity index (χ0v) is 10.8. The van der Waals surface area contributed by atoms with Crippen molar-refractivity contribution in [1.82, 2.24) is 0 Å². The van der Waals surface area contributed by atoms with E-state index >= 15 is 0 Å². The molecule has 96 valence electrons. The first-order valence-electron chi connectivity index (χ1n) is 7.27. The molecule has 4 fully saturated rings. The maximum atomic E-state index is 10.0. The summed E-state index contributed by atoms with van der Waals surface area (Å²) in [6.07, 6.45) is 8.92. The Kier molecular flexibility index (Phi) is 3.04. The van der Waals surface area contributed by atoms with Crippen LogP contribution in [0.15, 0.2) is 11.6 Å². The van der Waals surface area contributed by atoms with Crippen LogP contribution < -0.4 is 5.73 Å². The molecule has 2 nitrogen and oxygen atoms in total. The second kappa shape index (κ2) is 4.40. The van der Waals surface area contributed by atoms with Crippen molar-refractivity contribution in [2.45, 2.75) is 45.1 Å². The number of hydrogen-bond acceptors (Lipinski definition) is 2. The molecule has 0 heterocycles. The highest BCUT2D eigenvalue weighted by Crippen LogP contribution is 2.58. The lowest BCUT2D eigenvalue weighted by molar-refractivity contribution is -0.0280. The van der Waals surface area contributed by atoms with Gasteiger partial charge in [0, 0.05) is 6.54 Å². The second-order valence-corrected chi connectivity index (χ2v) is 6.57. The van der Waals surface area contributed by atoms with Crippen LogP contribution in [-0.2, 0) is 0 Å². The summed E-state index contributed by atoms with van der Waals surface area (Å²) in [5.41, 5.74) is 6.92. The van der Waals surface area contributed by atoms with Gasteiger partial charge in [0.25, 0.3) is 0 Å². The Labute approximate surface area is 104 Å². The third-order valence-corrected chi connectivity index (χ3v) is 5.45. The topological polar surface area (TPSA) is 46.2 Å². The molecule has 2 heteroatoms. The van der Waals surface area contributed by atoms with Crippen LogP contribution >= 0.6 is 0 Å². The van der Waals surface area contributed by atoms with E-state index in [0.717, 1.165) is 23.7 Å². The van der Waals surface area contributed by atoms with Gasteiger partial charge in [-0.05, 0) is 74.2 Å². The Morgan fingerprint density at radius 2 is 1.71 bits per heavy atom. The standard InChI is InChI=1S/C15H25NO/c1-9(17)14(2-3-16)15-12-5-10-4-11(7-12)8-13(15)6-10/h2,9-13,15,17H,3-8,16H2,1H3/b14-2+. The van der Waals surface area contributed by atoms with Gasteiger partial charge in [-0.2, -0.15) is 0 Å². The first-order valence-corrected chi connectivity index (χ1v) is 7.27. The summed E-state index contributed by atoms with van der Waals surface area (Å²) in [5, 5.41) is 10.0. The fraction of sp³-hybridized carbons (Fsp3) is 0.867. The summed E-state index contributed by atoms with van der Waals surface area (Å²) in [7, 11) is 0. The summed E-state index contributed by atoms with van der Waals surface area (Å²) in [5.74, 6) is 4.34. The lowest BCUT2D eigenvalue weighted by atomic mass is 9.50. The maximum Gasteiger partial charge on any atom is 0.0725 e. The minimum atomic E-state index is -0.305. The predicted octanol–water partition coefficient (Wildman–Crippen LogP) is 2.32. The van der Waals surface area contributed by atoms with E-state index in [9.17, 15) is 5.11 Å². The number of aliphatic hydroxyl groups excluding tert-OH is 1. The van der Waals surface area contributed by atoms with Gasteiger partial charge in [-0.25, -0.2) is 0 Å². The summed E-state index contributed by atoms with van der Waals surface area (Å²) in [6, 6.07) is 0. The molecule has 17 heavy (non-hydrogen) atoms. The fourth-order valence-corrected chi connectivity index (χ4v) is 5.19. The van der Waals surface area contributed by atoms with Crippen LogP contribution in [0.2, 0.25) is 0 Å². The minimum Gasteiger partial charge on any atom is -0.389 e. The van der Waals surface area contributed by atoms with Gasteiger partial charge in [-0.1, -0.05) is 6.08 Å². The van der Waals surface area contributed by atoms with Gasteiger partial charge in [0.1, 0.15) is 0 Å². The lowest BCUT2D eigenvalue weighted by Crippen LogP contribution is -2.46. The highest BCUT2D eigenvalue weighted by atomic mass is 16.3. The number of nitrogens with two attached hydrogens (primary N) is 1. The van der Waals surface area contributed by atoms with Crippen molar-refractivity contribution in [1.29, 1.82) is 0 Å². The quantitative estimate of drug-likeness (QED) is 0.737. The molecule has 4 bridgehead atoms. The molecular weight excluding hydrogens is 210 g/mol. The predicted molar refractivity (Wildman–Crippen MR) is 69.4 cm³/mol. The monoisotopic (exact) mass is 235 g/mol. The van der Waals surface area contributed by atoms with Gasteiger partial charge < -0.3 is 10.8 Å². The van der Waals surface area contributed by atoms with Crippen molar-refractivity contribution in [3.05, 3.63) is 11.6 Å². The summed E-state index contributed by atoms with van der Waals surface area (Å²) in [4.78, 5) is 0. The molecular formula is C15H25NO. The average Bonchev–Trinajstić information content (AvgIpc) is 2.26. The molecule has 0 spiro atoms. The molecule has 4 rings (SSSR count). The molecule has 0 saturated heterocycles. The third-order valence-electron chi connectivity index (χ3n) is 5.45. The number of hydrogen-bond donors (Lipinski definition) is 2. The molecule has 0 aliphatic heterocycles. The molecule has 1 atom stereocenters. The van der Waals surface area contributed by atoms with Crippen molar-refractivity contribution in [3.63, 3.8) is 0 Å². The smallest absolute Gasteiger partial charge is 0.0725 e. The van der Waals surface area contributed by atoms with Crippen LogP contribution in [-0.4, -0.2) is 17.8 Å². The first-order chi connectivity index (χ1) is 8.19. The molecule has 1 unspecified atom stereocenters. The third kappa shape index (κ3) is 1.96. The SMILES string of the molecule is CC(O)/C(=C\CN)C1C2CC3CC(C2)CC1C3. The maximum absolute atomic E-state index is 10.0. The van der Waals surface area contributed by atoms with E-state index < -0.39 is 0 Å². The van der Waals surface area contributed by atoms with E-state index in [1.165, 1.54) is 37.7 Å². The van der Waals surface area contributed by atoms with E-state index in [1.54, 1.807) is 0 Å². The largest absolute Gasteiger partial charge is 0.389 e. The van der Waals surface area contributed by atoms with Crippen LogP contribution in [0.3, 0.4) is 0 Å². The number of aliphatic hydroxyl groups is 1. The zero-order valence-electron chi connectivity index (χ0n) is 10.8. The van der Waals surface area contributed by atoms with E-state index in [-0.39, 0.29) is 6.10 Å². The van der Waals surface area contributed by atoms with E-state index in [1.807, 2.05) is 6.92 Å². The highest BCUT2D eigenvalue weighted by molar-refractivity contribution is 5.18. The molecule has 0 aromatic carbocycles. The Morgan fingerprint density at radius 3 is 2.12 bits per heavy atom. The van der Waals surface area contributed by atoms with Crippen LogP contribution in [0.25, 0.3) is 0 Å². The molecule has 3 N–H and O–H groups in total.